The van der Waals surface area contributed by atoms with Gasteiger partial charge in [0.15, 0.2) is 6.79 Å². The number of amides is 1. The second-order valence-electron chi connectivity index (χ2n) is 5.69. The highest BCUT2D eigenvalue weighted by atomic mass is 16.7. The number of benzene rings is 1. The molecule has 0 radical (unpaired) electrons. The van der Waals surface area contributed by atoms with Gasteiger partial charge in [-0.25, -0.2) is 4.79 Å². The van der Waals surface area contributed by atoms with Gasteiger partial charge in [0.2, 0.25) is 0 Å². The molecule has 0 aromatic heterocycles. The van der Waals surface area contributed by atoms with E-state index >= 15 is 0 Å². The third kappa shape index (κ3) is 4.47. The molecule has 1 fully saturated rings. The standard InChI is InChI=1S/C18H25NO5/c1-3-23-13-24-18(21)19-12-8-7-11-15(19)16(17(20)22-2)14-9-5-4-6-10-14/h4-6,9-10,15-16H,3,7-8,11-13H2,1-2H3. The van der Waals surface area contributed by atoms with Gasteiger partial charge >= 0.3 is 12.1 Å². The van der Waals surface area contributed by atoms with E-state index in [-0.39, 0.29) is 18.8 Å². The van der Waals surface area contributed by atoms with Crippen LogP contribution in [0.25, 0.3) is 0 Å². The van der Waals surface area contributed by atoms with Crippen LogP contribution in [0.1, 0.15) is 37.7 Å². The van der Waals surface area contributed by atoms with Crippen molar-refractivity contribution in [3.05, 3.63) is 35.9 Å². The van der Waals surface area contributed by atoms with Crippen molar-refractivity contribution in [2.24, 2.45) is 0 Å². The topological polar surface area (TPSA) is 65.1 Å². The van der Waals surface area contributed by atoms with Gasteiger partial charge < -0.3 is 19.1 Å². The van der Waals surface area contributed by atoms with E-state index in [0.29, 0.717) is 13.2 Å². The van der Waals surface area contributed by atoms with Crippen molar-refractivity contribution >= 4 is 12.1 Å². The van der Waals surface area contributed by atoms with Crippen LogP contribution in [-0.2, 0) is 19.0 Å². The fourth-order valence-corrected chi connectivity index (χ4v) is 3.09. The van der Waals surface area contributed by atoms with E-state index in [9.17, 15) is 9.59 Å². The molecular formula is C18H25NO5. The number of likely N-dealkylation sites (tertiary alicyclic amines) is 1. The van der Waals surface area contributed by atoms with Gasteiger partial charge in [-0.15, -0.1) is 0 Å². The molecule has 0 bridgehead atoms. The van der Waals surface area contributed by atoms with Gasteiger partial charge in [0, 0.05) is 13.2 Å². The van der Waals surface area contributed by atoms with Crippen LogP contribution in [0.2, 0.25) is 0 Å². The Hall–Kier alpha value is -2.08. The van der Waals surface area contributed by atoms with Gasteiger partial charge in [0.05, 0.1) is 13.2 Å². The van der Waals surface area contributed by atoms with Crippen LogP contribution in [0.15, 0.2) is 30.3 Å². The van der Waals surface area contributed by atoms with E-state index in [1.165, 1.54) is 7.11 Å². The van der Waals surface area contributed by atoms with E-state index in [2.05, 4.69) is 0 Å². The Bertz CT molecular complexity index is 533. The molecule has 2 unspecified atom stereocenters. The molecule has 0 aliphatic carbocycles. The zero-order valence-corrected chi connectivity index (χ0v) is 14.3. The summed E-state index contributed by atoms with van der Waals surface area (Å²) in [5, 5.41) is 0. The summed E-state index contributed by atoms with van der Waals surface area (Å²) in [7, 11) is 1.37. The molecule has 6 nitrogen and oxygen atoms in total. The van der Waals surface area contributed by atoms with Crippen molar-refractivity contribution in [2.75, 3.05) is 27.1 Å². The van der Waals surface area contributed by atoms with Gasteiger partial charge in [0.25, 0.3) is 0 Å². The second kappa shape index (κ2) is 9.27. The molecular weight excluding hydrogens is 310 g/mol. The number of ether oxygens (including phenoxy) is 3. The first-order valence-electron chi connectivity index (χ1n) is 8.33. The summed E-state index contributed by atoms with van der Waals surface area (Å²) in [5.74, 6) is -0.855. The lowest BCUT2D eigenvalue weighted by Gasteiger charge is -2.38. The number of rotatable bonds is 6. The fourth-order valence-electron chi connectivity index (χ4n) is 3.09. The minimum Gasteiger partial charge on any atom is -0.468 e. The highest BCUT2D eigenvalue weighted by Gasteiger charge is 2.39. The van der Waals surface area contributed by atoms with Crippen molar-refractivity contribution < 1.29 is 23.8 Å². The van der Waals surface area contributed by atoms with Crippen LogP contribution >= 0.6 is 0 Å². The largest absolute Gasteiger partial charge is 0.468 e. The molecule has 1 aromatic rings. The van der Waals surface area contributed by atoms with Crippen LogP contribution in [-0.4, -0.2) is 50.1 Å². The van der Waals surface area contributed by atoms with Crippen LogP contribution in [0, 0.1) is 0 Å². The molecule has 0 N–H and O–H groups in total. The minimum absolute atomic E-state index is 0.0766. The van der Waals surface area contributed by atoms with E-state index in [4.69, 9.17) is 14.2 Å². The Morgan fingerprint density at radius 2 is 2.00 bits per heavy atom. The third-order valence-corrected chi connectivity index (χ3v) is 4.25. The molecule has 0 spiro atoms. The minimum atomic E-state index is -0.517. The molecule has 1 saturated heterocycles. The average molecular weight is 335 g/mol. The smallest absolute Gasteiger partial charge is 0.412 e. The van der Waals surface area contributed by atoms with Crippen molar-refractivity contribution in [3.63, 3.8) is 0 Å². The maximum absolute atomic E-state index is 12.4. The van der Waals surface area contributed by atoms with E-state index < -0.39 is 12.0 Å². The fraction of sp³-hybridized carbons (Fsp3) is 0.556. The molecule has 24 heavy (non-hydrogen) atoms. The summed E-state index contributed by atoms with van der Waals surface area (Å²) in [6, 6.07) is 9.16. The summed E-state index contributed by atoms with van der Waals surface area (Å²) in [6.07, 6.45) is 2.14. The van der Waals surface area contributed by atoms with Gasteiger partial charge in [-0.3, -0.25) is 4.79 Å². The lowest BCUT2D eigenvalue weighted by Crippen LogP contribution is -2.49. The lowest BCUT2D eigenvalue weighted by molar-refractivity contribution is -0.144. The summed E-state index contributed by atoms with van der Waals surface area (Å²) in [4.78, 5) is 26.5. The van der Waals surface area contributed by atoms with Crippen molar-refractivity contribution in [1.82, 2.24) is 4.90 Å². The van der Waals surface area contributed by atoms with E-state index in [0.717, 1.165) is 24.8 Å². The number of carbonyl (C=O) groups excluding carboxylic acids is 2. The maximum Gasteiger partial charge on any atom is 0.412 e. The normalized spacial score (nSPS) is 18.8. The Balaban J connectivity index is 2.21. The van der Waals surface area contributed by atoms with Gasteiger partial charge in [-0.05, 0) is 31.7 Å². The molecule has 1 aliphatic heterocycles. The molecule has 0 saturated carbocycles. The van der Waals surface area contributed by atoms with Crippen LogP contribution in [0.3, 0.4) is 0 Å². The van der Waals surface area contributed by atoms with Crippen LogP contribution in [0.4, 0.5) is 4.79 Å². The highest BCUT2D eigenvalue weighted by Crippen LogP contribution is 2.32. The molecule has 1 aromatic carbocycles. The maximum atomic E-state index is 12.4. The van der Waals surface area contributed by atoms with Crippen LogP contribution < -0.4 is 0 Å². The second-order valence-corrected chi connectivity index (χ2v) is 5.69. The zero-order chi connectivity index (χ0) is 17.4. The summed E-state index contributed by atoms with van der Waals surface area (Å²) in [6.45, 7) is 2.80. The number of nitrogens with zero attached hydrogens (tertiary/aromatic N) is 1. The van der Waals surface area contributed by atoms with Gasteiger partial charge in [0.1, 0.15) is 5.92 Å². The zero-order valence-electron chi connectivity index (χ0n) is 14.3. The first-order chi connectivity index (χ1) is 11.7. The highest BCUT2D eigenvalue weighted by molar-refractivity contribution is 5.80. The Morgan fingerprint density at radius 1 is 1.25 bits per heavy atom. The Kier molecular flexibility index (Phi) is 7.06. The number of carbonyl (C=O) groups is 2. The molecule has 2 atom stereocenters. The first-order valence-corrected chi connectivity index (χ1v) is 8.33. The van der Waals surface area contributed by atoms with Crippen molar-refractivity contribution in [2.45, 2.75) is 38.1 Å². The predicted octanol–water partition coefficient (Wildman–Crippen LogP) is 2.93. The lowest BCUT2D eigenvalue weighted by atomic mass is 9.85. The van der Waals surface area contributed by atoms with E-state index in [1.807, 2.05) is 37.3 Å². The summed E-state index contributed by atoms with van der Waals surface area (Å²) >= 11 is 0. The van der Waals surface area contributed by atoms with Crippen molar-refractivity contribution in [1.29, 1.82) is 0 Å². The van der Waals surface area contributed by atoms with Gasteiger partial charge in [-0.2, -0.15) is 0 Å². The molecule has 132 valence electrons. The predicted molar refractivity (Wildman–Crippen MR) is 88.5 cm³/mol. The summed E-state index contributed by atoms with van der Waals surface area (Å²) in [5.41, 5.74) is 0.846. The van der Waals surface area contributed by atoms with Gasteiger partial charge in [-0.1, -0.05) is 30.3 Å². The third-order valence-electron chi connectivity index (χ3n) is 4.25. The summed E-state index contributed by atoms with van der Waals surface area (Å²) < 4.78 is 15.3. The van der Waals surface area contributed by atoms with E-state index in [1.54, 1.807) is 4.90 Å². The quantitative estimate of drug-likeness (QED) is 0.454. The molecule has 1 aliphatic rings. The molecule has 1 heterocycles. The number of esters is 1. The number of methoxy groups -OCH3 is 1. The number of piperidine rings is 1. The average Bonchev–Trinajstić information content (AvgIpc) is 2.63. The number of hydrogen-bond donors (Lipinski definition) is 0. The molecule has 6 heteroatoms. The Morgan fingerprint density at radius 3 is 2.67 bits per heavy atom. The SMILES string of the molecule is CCOCOC(=O)N1CCCCC1C(C(=O)OC)c1ccccc1. The number of hydrogen-bond acceptors (Lipinski definition) is 5. The Labute approximate surface area is 142 Å². The molecule has 2 rings (SSSR count). The molecule has 1 amide bonds. The first kappa shape index (κ1) is 18.3. The van der Waals surface area contributed by atoms with Crippen LogP contribution in [0.5, 0.6) is 0 Å². The van der Waals surface area contributed by atoms with Crippen molar-refractivity contribution in [3.8, 4) is 0 Å². The monoisotopic (exact) mass is 335 g/mol.